The number of piperazine rings is 1. The molecule has 1 fully saturated rings. The van der Waals surface area contributed by atoms with Gasteiger partial charge in [-0.2, -0.15) is 0 Å². The van der Waals surface area contributed by atoms with Crippen LogP contribution in [0.15, 0.2) is 36.4 Å². The van der Waals surface area contributed by atoms with E-state index >= 15 is 0 Å². The average molecular weight is 423 g/mol. The largest absolute Gasteiger partial charge is 0.497 e. The molecule has 2 aromatic carbocycles. The van der Waals surface area contributed by atoms with Crippen molar-refractivity contribution in [1.82, 2.24) is 9.80 Å². The third-order valence-electron chi connectivity index (χ3n) is 5.39. The maximum absolute atomic E-state index is 14.2. The minimum absolute atomic E-state index is 0.108. The molecule has 1 aliphatic heterocycles. The van der Waals surface area contributed by atoms with E-state index in [-0.39, 0.29) is 18.5 Å². The molecule has 1 aliphatic rings. The Morgan fingerprint density at radius 1 is 1.10 bits per heavy atom. The van der Waals surface area contributed by atoms with Gasteiger partial charge in [0.15, 0.2) is 0 Å². The van der Waals surface area contributed by atoms with Gasteiger partial charge in [-0.3, -0.25) is 9.80 Å². The van der Waals surface area contributed by atoms with E-state index in [1.165, 1.54) is 6.07 Å². The van der Waals surface area contributed by atoms with Crippen LogP contribution >= 0.6 is 11.6 Å². The summed E-state index contributed by atoms with van der Waals surface area (Å²) >= 11 is 6.20. The standard InChI is InChI=1S/C22H28ClFN2O3/c1-28-18-10-16(11-19(12-18)29-2)13-26-8-7-25(14-17(26)6-9-27)15-20-21(23)4-3-5-22(20)24/h3-5,10-12,17,27H,6-9,13-15H2,1-2H3. The topological polar surface area (TPSA) is 45.2 Å². The SMILES string of the molecule is COc1cc(CN2CCN(Cc3c(F)cccc3Cl)CC2CCO)cc(OC)c1. The first-order valence-electron chi connectivity index (χ1n) is 9.76. The molecule has 0 saturated carbocycles. The van der Waals surface area contributed by atoms with Gasteiger partial charge in [0.2, 0.25) is 0 Å². The quantitative estimate of drug-likeness (QED) is 0.704. The van der Waals surface area contributed by atoms with Crippen molar-refractivity contribution in [2.45, 2.75) is 25.6 Å². The zero-order valence-electron chi connectivity index (χ0n) is 16.9. The van der Waals surface area contributed by atoms with Crippen LogP contribution in [-0.4, -0.2) is 61.4 Å². The molecule has 0 aromatic heterocycles. The Balaban J connectivity index is 1.71. The molecule has 0 bridgehead atoms. The average Bonchev–Trinajstić information content (AvgIpc) is 2.72. The van der Waals surface area contributed by atoms with Gasteiger partial charge in [0.1, 0.15) is 17.3 Å². The van der Waals surface area contributed by atoms with Crippen LogP contribution in [0.4, 0.5) is 4.39 Å². The molecule has 0 aliphatic carbocycles. The molecule has 1 atom stereocenters. The van der Waals surface area contributed by atoms with Crippen molar-refractivity contribution in [3.63, 3.8) is 0 Å². The molecule has 0 amide bonds. The summed E-state index contributed by atoms with van der Waals surface area (Å²) in [6, 6.07) is 10.8. The van der Waals surface area contributed by atoms with Gasteiger partial charge < -0.3 is 14.6 Å². The fraction of sp³-hybridized carbons (Fsp3) is 0.455. The lowest BCUT2D eigenvalue weighted by Crippen LogP contribution is -2.52. The predicted molar refractivity (Wildman–Crippen MR) is 112 cm³/mol. The van der Waals surface area contributed by atoms with E-state index < -0.39 is 0 Å². The van der Waals surface area contributed by atoms with Gasteiger partial charge in [0.05, 0.1) is 14.2 Å². The van der Waals surface area contributed by atoms with E-state index in [0.717, 1.165) is 43.2 Å². The van der Waals surface area contributed by atoms with Crippen molar-refractivity contribution in [2.75, 3.05) is 40.5 Å². The Kier molecular flexibility index (Phi) is 7.72. The Hall–Kier alpha value is -1.86. The summed E-state index contributed by atoms with van der Waals surface area (Å²) in [5.74, 6) is 1.24. The summed E-state index contributed by atoms with van der Waals surface area (Å²) in [5.41, 5.74) is 1.62. The van der Waals surface area contributed by atoms with Gasteiger partial charge >= 0.3 is 0 Å². The van der Waals surface area contributed by atoms with Crippen molar-refractivity contribution in [2.24, 2.45) is 0 Å². The van der Waals surface area contributed by atoms with Crippen LogP contribution in [0.25, 0.3) is 0 Å². The van der Waals surface area contributed by atoms with E-state index in [1.54, 1.807) is 26.4 Å². The number of aliphatic hydroxyl groups excluding tert-OH is 1. The molecule has 1 heterocycles. The number of benzene rings is 2. The number of nitrogens with zero attached hydrogens (tertiary/aromatic N) is 2. The van der Waals surface area contributed by atoms with Crippen LogP contribution in [0.5, 0.6) is 11.5 Å². The molecule has 158 valence electrons. The molecular formula is C22H28ClFN2O3. The first-order valence-corrected chi connectivity index (χ1v) is 10.1. The zero-order chi connectivity index (χ0) is 20.8. The normalized spacial score (nSPS) is 18.0. The first kappa shape index (κ1) is 21.8. The second kappa shape index (κ2) is 10.3. The lowest BCUT2D eigenvalue weighted by atomic mass is 10.1. The number of ether oxygens (including phenoxy) is 2. The number of halogens is 2. The van der Waals surface area contributed by atoms with Crippen LogP contribution < -0.4 is 9.47 Å². The fourth-order valence-corrected chi connectivity index (χ4v) is 4.05. The fourth-order valence-electron chi connectivity index (χ4n) is 3.83. The van der Waals surface area contributed by atoms with E-state index in [2.05, 4.69) is 9.80 Å². The number of hydrogen-bond donors (Lipinski definition) is 1. The second-order valence-electron chi connectivity index (χ2n) is 7.29. The van der Waals surface area contributed by atoms with Crippen LogP contribution in [0.3, 0.4) is 0 Å². The lowest BCUT2D eigenvalue weighted by molar-refractivity contribution is 0.0494. The lowest BCUT2D eigenvalue weighted by Gasteiger charge is -2.41. The highest BCUT2D eigenvalue weighted by Crippen LogP contribution is 2.26. The van der Waals surface area contributed by atoms with Crippen LogP contribution in [0.1, 0.15) is 17.5 Å². The van der Waals surface area contributed by atoms with Crippen molar-refractivity contribution >= 4 is 11.6 Å². The molecule has 3 rings (SSSR count). The molecule has 1 saturated heterocycles. The van der Waals surface area contributed by atoms with E-state index in [9.17, 15) is 9.50 Å². The van der Waals surface area contributed by atoms with Crippen LogP contribution in [-0.2, 0) is 13.1 Å². The third-order valence-corrected chi connectivity index (χ3v) is 5.75. The highest BCUT2D eigenvalue weighted by molar-refractivity contribution is 6.31. The van der Waals surface area contributed by atoms with E-state index in [0.29, 0.717) is 23.6 Å². The molecule has 1 N–H and O–H groups in total. The van der Waals surface area contributed by atoms with Crippen molar-refractivity contribution in [3.05, 3.63) is 58.4 Å². The maximum atomic E-state index is 14.2. The first-order chi connectivity index (χ1) is 14.0. The molecule has 7 heteroatoms. The Labute approximate surface area is 176 Å². The number of rotatable bonds is 8. The highest BCUT2D eigenvalue weighted by Gasteiger charge is 2.27. The van der Waals surface area contributed by atoms with E-state index in [4.69, 9.17) is 21.1 Å². The van der Waals surface area contributed by atoms with Crippen LogP contribution in [0.2, 0.25) is 5.02 Å². The summed E-state index contributed by atoms with van der Waals surface area (Å²) in [5, 5.41) is 10.0. The van der Waals surface area contributed by atoms with Gasteiger partial charge in [-0.15, -0.1) is 0 Å². The van der Waals surface area contributed by atoms with Gasteiger partial charge in [0.25, 0.3) is 0 Å². The zero-order valence-corrected chi connectivity index (χ0v) is 17.7. The molecule has 2 aromatic rings. The Morgan fingerprint density at radius 2 is 1.83 bits per heavy atom. The van der Waals surface area contributed by atoms with Gasteiger partial charge in [-0.05, 0) is 36.2 Å². The molecule has 29 heavy (non-hydrogen) atoms. The Bertz CT molecular complexity index is 778. The third kappa shape index (κ3) is 5.60. The maximum Gasteiger partial charge on any atom is 0.129 e. The monoisotopic (exact) mass is 422 g/mol. The molecular weight excluding hydrogens is 395 g/mol. The van der Waals surface area contributed by atoms with Gasteiger partial charge in [-0.1, -0.05) is 17.7 Å². The van der Waals surface area contributed by atoms with Gasteiger partial charge in [-0.25, -0.2) is 4.39 Å². The van der Waals surface area contributed by atoms with Crippen molar-refractivity contribution < 1.29 is 19.0 Å². The number of aliphatic hydroxyl groups is 1. The molecule has 5 nitrogen and oxygen atoms in total. The Morgan fingerprint density at radius 3 is 2.45 bits per heavy atom. The number of methoxy groups -OCH3 is 2. The second-order valence-corrected chi connectivity index (χ2v) is 7.70. The molecule has 0 radical (unpaired) electrons. The molecule has 0 spiro atoms. The molecule has 1 unspecified atom stereocenters. The number of hydrogen-bond acceptors (Lipinski definition) is 5. The van der Waals surface area contributed by atoms with Crippen LogP contribution in [0, 0.1) is 5.82 Å². The summed E-state index contributed by atoms with van der Waals surface area (Å²) < 4.78 is 24.9. The smallest absolute Gasteiger partial charge is 0.129 e. The highest BCUT2D eigenvalue weighted by atomic mass is 35.5. The summed E-state index contributed by atoms with van der Waals surface area (Å²) in [6.45, 7) is 3.66. The minimum atomic E-state index is -0.276. The van der Waals surface area contributed by atoms with Crippen molar-refractivity contribution in [1.29, 1.82) is 0 Å². The summed E-state index contributed by atoms with van der Waals surface area (Å²) in [4.78, 5) is 4.55. The predicted octanol–water partition coefficient (Wildman–Crippen LogP) is 3.57. The summed E-state index contributed by atoms with van der Waals surface area (Å²) in [7, 11) is 3.28. The van der Waals surface area contributed by atoms with Gasteiger partial charge in [0, 0.05) is 62.0 Å². The van der Waals surface area contributed by atoms with E-state index in [1.807, 2.05) is 18.2 Å². The summed E-state index contributed by atoms with van der Waals surface area (Å²) in [6.07, 6.45) is 0.655. The minimum Gasteiger partial charge on any atom is -0.497 e. The van der Waals surface area contributed by atoms with Crippen molar-refractivity contribution in [3.8, 4) is 11.5 Å².